The van der Waals surface area contributed by atoms with Crippen LogP contribution < -0.4 is 4.90 Å². The molecule has 0 radical (unpaired) electrons. The Bertz CT molecular complexity index is 1530. The predicted octanol–water partition coefficient (Wildman–Crippen LogP) is 8.70. The summed E-state index contributed by atoms with van der Waals surface area (Å²) in [5, 5.41) is 0. The molecule has 7 nitrogen and oxygen atoms in total. The van der Waals surface area contributed by atoms with Crippen LogP contribution in [0.5, 0.6) is 0 Å². The number of carbonyl (C=O) groups is 1. The molecule has 0 unspecified atom stereocenters. The van der Waals surface area contributed by atoms with E-state index in [2.05, 4.69) is 34.4 Å². The normalized spacial score (nSPS) is 25.1. The molecule has 2 saturated carbocycles. The summed E-state index contributed by atoms with van der Waals surface area (Å²) in [4.78, 5) is 31.2. The summed E-state index contributed by atoms with van der Waals surface area (Å²) in [7, 11) is 0. The molecule has 7 heteroatoms. The highest BCUT2D eigenvalue weighted by Crippen LogP contribution is 2.53. The van der Waals surface area contributed by atoms with Crippen molar-refractivity contribution in [3.8, 4) is 0 Å². The van der Waals surface area contributed by atoms with Crippen LogP contribution in [-0.2, 0) is 17.6 Å². The summed E-state index contributed by atoms with van der Waals surface area (Å²) in [6.07, 6.45) is 22.4. The van der Waals surface area contributed by atoms with E-state index < -0.39 is 5.60 Å². The summed E-state index contributed by atoms with van der Waals surface area (Å²) in [6, 6.07) is 4.90. The van der Waals surface area contributed by atoms with Crippen molar-refractivity contribution >= 4 is 23.1 Å². The number of hydrogen-bond acceptors (Lipinski definition) is 5. The number of H-pyrrole nitrogens is 1. The number of fused-ring (bicyclic) bond motifs is 1. The lowest BCUT2D eigenvalue weighted by molar-refractivity contribution is 0.0265. The average molecular weight is 624 g/mol. The first kappa shape index (κ1) is 30.3. The number of allylic oxidation sites excluding steroid dienone is 1. The number of anilines is 1. The second-order valence-corrected chi connectivity index (χ2v) is 16.4. The van der Waals surface area contributed by atoms with E-state index in [1.54, 1.807) is 11.1 Å². The number of likely N-dealkylation sites (tertiary alicyclic amines) is 1. The lowest BCUT2D eigenvalue weighted by Gasteiger charge is -2.35. The number of nitrogens with one attached hydrogen (secondary N) is 1. The SMILES string of the molecule is CC(C)(C)OC(=O)N1CCC[C@H]1C1=NC=C(c2ccc(N3CCC(c4cnc(C5CCCC5)[nH]4)CC3)c3c2CC2(CCCC2)C3)C1. The number of rotatable bonds is 5. The number of imidazole rings is 1. The molecule has 8 rings (SSSR count). The molecule has 1 amide bonds. The third-order valence-corrected chi connectivity index (χ3v) is 12.2. The highest BCUT2D eigenvalue weighted by atomic mass is 16.6. The monoisotopic (exact) mass is 623 g/mol. The molecule has 246 valence electrons. The van der Waals surface area contributed by atoms with Gasteiger partial charge in [0.15, 0.2) is 0 Å². The van der Waals surface area contributed by atoms with Gasteiger partial charge in [-0.25, -0.2) is 9.78 Å². The first-order valence-corrected chi connectivity index (χ1v) is 18.5. The van der Waals surface area contributed by atoms with Gasteiger partial charge in [-0.1, -0.05) is 31.7 Å². The topological polar surface area (TPSA) is 73.8 Å². The van der Waals surface area contributed by atoms with Crippen LogP contribution >= 0.6 is 0 Å². The first-order chi connectivity index (χ1) is 22.3. The van der Waals surface area contributed by atoms with Crippen molar-refractivity contribution in [1.29, 1.82) is 0 Å². The minimum absolute atomic E-state index is 0.0440. The van der Waals surface area contributed by atoms with Gasteiger partial charge in [-0.05, 0) is 119 Å². The molecule has 1 aromatic carbocycles. The number of aromatic amines is 1. The number of ether oxygens (including phenoxy) is 1. The maximum atomic E-state index is 13.0. The number of amides is 1. The van der Waals surface area contributed by atoms with Crippen molar-refractivity contribution in [2.75, 3.05) is 24.5 Å². The van der Waals surface area contributed by atoms with Crippen molar-refractivity contribution in [2.45, 2.75) is 141 Å². The lowest BCUT2D eigenvalue weighted by Crippen LogP contribution is -2.43. The van der Waals surface area contributed by atoms with Crippen molar-refractivity contribution in [1.82, 2.24) is 14.9 Å². The molecule has 4 heterocycles. The molecule has 1 spiro atoms. The van der Waals surface area contributed by atoms with E-state index in [9.17, 15) is 4.79 Å². The molecular formula is C39H53N5O2. The highest BCUT2D eigenvalue weighted by molar-refractivity contribution is 6.03. The number of aliphatic imine (C=N–C) groups is 1. The third-order valence-electron chi connectivity index (χ3n) is 12.2. The fourth-order valence-corrected chi connectivity index (χ4v) is 9.83. The lowest BCUT2D eigenvalue weighted by atomic mass is 9.82. The molecule has 1 N–H and O–H groups in total. The third kappa shape index (κ3) is 5.70. The second kappa shape index (κ2) is 11.9. The Kier molecular flexibility index (Phi) is 7.80. The van der Waals surface area contributed by atoms with Crippen molar-refractivity contribution < 1.29 is 9.53 Å². The Morgan fingerprint density at radius 3 is 2.43 bits per heavy atom. The van der Waals surface area contributed by atoms with Crippen LogP contribution in [0.25, 0.3) is 5.57 Å². The van der Waals surface area contributed by atoms with Crippen LogP contribution in [0.15, 0.2) is 29.5 Å². The van der Waals surface area contributed by atoms with Crippen LogP contribution in [0, 0.1) is 5.41 Å². The molecule has 2 aromatic rings. The zero-order valence-electron chi connectivity index (χ0n) is 28.4. The first-order valence-electron chi connectivity index (χ1n) is 18.5. The molecule has 6 aliphatic rings. The van der Waals surface area contributed by atoms with Gasteiger partial charge in [0.1, 0.15) is 11.4 Å². The van der Waals surface area contributed by atoms with Gasteiger partial charge >= 0.3 is 6.09 Å². The Hall–Kier alpha value is -3.09. The van der Waals surface area contributed by atoms with E-state index in [4.69, 9.17) is 14.7 Å². The molecule has 4 fully saturated rings. The van der Waals surface area contributed by atoms with Crippen LogP contribution in [0.2, 0.25) is 0 Å². The minimum atomic E-state index is -0.490. The van der Waals surface area contributed by atoms with Crippen LogP contribution in [0.3, 0.4) is 0 Å². The van der Waals surface area contributed by atoms with Gasteiger partial charge in [0.2, 0.25) is 0 Å². The van der Waals surface area contributed by atoms with Gasteiger partial charge < -0.3 is 14.6 Å². The summed E-state index contributed by atoms with van der Waals surface area (Å²) in [5.41, 5.74) is 9.89. The molecule has 3 aliphatic heterocycles. The van der Waals surface area contributed by atoms with E-state index in [-0.39, 0.29) is 12.1 Å². The average Bonchev–Trinajstić information content (AvgIpc) is 3.87. The quantitative estimate of drug-likeness (QED) is 0.362. The molecule has 46 heavy (non-hydrogen) atoms. The fraction of sp³-hybridized carbons (Fsp3) is 0.667. The van der Waals surface area contributed by atoms with E-state index in [1.165, 1.54) is 105 Å². The minimum Gasteiger partial charge on any atom is -0.444 e. The maximum absolute atomic E-state index is 13.0. The van der Waals surface area contributed by atoms with Crippen molar-refractivity contribution in [2.24, 2.45) is 10.4 Å². The zero-order valence-corrected chi connectivity index (χ0v) is 28.4. The number of carbonyl (C=O) groups excluding carboxylic acids is 1. The zero-order chi connectivity index (χ0) is 31.5. The Balaban J connectivity index is 0.989. The standard InChI is InChI=1S/C39H53N5O2/c1-38(2,3)46-37(45)44-18-8-11-35(44)32-21-28(24-40-32)29-12-13-34(31-23-39(22-30(29)31)16-6-7-17-39)43-19-14-26(15-20-43)33-25-41-36(42-33)27-9-4-5-10-27/h12-13,24-27,35H,4-11,14-23H2,1-3H3,(H,41,42)/t35-/m0/s1. The number of piperidine rings is 1. The van der Waals surface area contributed by atoms with Gasteiger partial charge in [-0.15, -0.1) is 0 Å². The molecule has 1 atom stereocenters. The molecule has 1 aromatic heterocycles. The van der Waals surface area contributed by atoms with Gasteiger partial charge in [-0.2, -0.15) is 0 Å². The van der Waals surface area contributed by atoms with E-state index >= 15 is 0 Å². The van der Waals surface area contributed by atoms with Gasteiger partial charge in [-0.3, -0.25) is 9.89 Å². The Morgan fingerprint density at radius 2 is 1.67 bits per heavy atom. The summed E-state index contributed by atoms with van der Waals surface area (Å²) >= 11 is 0. The Morgan fingerprint density at radius 1 is 0.913 bits per heavy atom. The fourth-order valence-electron chi connectivity index (χ4n) is 9.83. The van der Waals surface area contributed by atoms with Crippen molar-refractivity contribution in [3.63, 3.8) is 0 Å². The molecule has 0 bridgehead atoms. The van der Waals surface area contributed by atoms with Crippen LogP contribution in [-0.4, -0.2) is 57.9 Å². The number of nitrogens with zero attached hydrogens (tertiary/aromatic N) is 4. The van der Waals surface area contributed by atoms with E-state index in [0.29, 0.717) is 17.3 Å². The summed E-state index contributed by atoms with van der Waals surface area (Å²) in [6.45, 7) is 8.80. The number of aromatic nitrogens is 2. The largest absolute Gasteiger partial charge is 0.444 e. The van der Waals surface area contributed by atoms with E-state index in [0.717, 1.165) is 44.6 Å². The Labute approximate surface area is 275 Å². The van der Waals surface area contributed by atoms with Crippen LogP contribution in [0.1, 0.15) is 144 Å². The molecular weight excluding hydrogens is 570 g/mol. The predicted molar refractivity (Wildman–Crippen MR) is 185 cm³/mol. The number of benzene rings is 1. The molecule has 3 aliphatic carbocycles. The van der Waals surface area contributed by atoms with Gasteiger partial charge in [0.05, 0.1) is 6.04 Å². The maximum Gasteiger partial charge on any atom is 0.410 e. The van der Waals surface area contributed by atoms with Crippen LogP contribution in [0.4, 0.5) is 10.5 Å². The second-order valence-electron chi connectivity index (χ2n) is 16.4. The van der Waals surface area contributed by atoms with Gasteiger partial charge in [0, 0.05) is 67.4 Å². The van der Waals surface area contributed by atoms with E-state index in [1.807, 2.05) is 25.7 Å². The summed E-state index contributed by atoms with van der Waals surface area (Å²) in [5.74, 6) is 2.47. The smallest absolute Gasteiger partial charge is 0.410 e. The summed E-state index contributed by atoms with van der Waals surface area (Å²) < 4.78 is 5.77. The van der Waals surface area contributed by atoms with Gasteiger partial charge in [0.25, 0.3) is 0 Å². The van der Waals surface area contributed by atoms with Crippen molar-refractivity contribution in [3.05, 3.63) is 52.7 Å². The highest BCUT2D eigenvalue weighted by Gasteiger charge is 2.43. The number of hydrogen-bond donors (Lipinski definition) is 1. The molecule has 2 saturated heterocycles.